The molecule has 4 N–H and O–H groups in total. The van der Waals surface area contributed by atoms with E-state index in [4.69, 9.17) is 5.73 Å². The van der Waals surface area contributed by atoms with Crippen LogP contribution in [0.25, 0.3) is 0 Å². The Morgan fingerprint density at radius 2 is 1.64 bits per heavy atom. The minimum absolute atomic E-state index is 0.0713. The highest BCUT2D eigenvalue weighted by molar-refractivity contribution is 5.96. The summed E-state index contributed by atoms with van der Waals surface area (Å²) in [5.41, 5.74) is 6.14. The number of carbonyl (C=O) groups excluding carboxylic acids is 3. The van der Waals surface area contributed by atoms with Gasteiger partial charge < -0.3 is 21.3 Å². The van der Waals surface area contributed by atoms with E-state index in [0.717, 1.165) is 12.8 Å². The van der Waals surface area contributed by atoms with Crippen LogP contribution in [-0.4, -0.2) is 35.8 Å². The quantitative estimate of drug-likeness (QED) is 0.782. The molecule has 1 atom stereocenters. The van der Waals surface area contributed by atoms with Gasteiger partial charge in [-0.15, -0.1) is 0 Å². The Labute approximate surface area is 147 Å². The Hall–Kier alpha value is -2.57. The molecule has 0 radical (unpaired) electrons. The van der Waals surface area contributed by atoms with Crippen molar-refractivity contribution in [1.29, 1.82) is 0 Å². The van der Waals surface area contributed by atoms with Gasteiger partial charge in [-0.1, -0.05) is 20.8 Å². The van der Waals surface area contributed by atoms with Gasteiger partial charge in [0.2, 0.25) is 11.8 Å². The van der Waals surface area contributed by atoms with Gasteiger partial charge in [0.15, 0.2) is 0 Å². The number of hydrogen-bond donors (Lipinski definition) is 3. The van der Waals surface area contributed by atoms with E-state index in [1.54, 1.807) is 24.3 Å². The lowest BCUT2D eigenvalue weighted by Gasteiger charge is -2.30. The number of carbonyl (C=O) groups is 3. The third kappa shape index (κ3) is 5.20. The van der Waals surface area contributed by atoms with Crippen molar-refractivity contribution in [3.8, 4) is 0 Å². The number of anilines is 2. The summed E-state index contributed by atoms with van der Waals surface area (Å²) in [6, 6.07) is 6.48. The van der Waals surface area contributed by atoms with Crippen molar-refractivity contribution in [2.24, 2.45) is 17.1 Å². The van der Waals surface area contributed by atoms with Crippen LogP contribution in [0.5, 0.6) is 0 Å². The van der Waals surface area contributed by atoms with Crippen LogP contribution in [0, 0.1) is 11.3 Å². The van der Waals surface area contributed by atoms with E-state index >= 15 is 0 Å². The lowest BCUT2D eigenvalue weighted by atomic mass is 9.95. The normalized spacial score (nSPS) is 17.7. The number of nitrogens with two attached hydrogens (primary N) is 1. The first-order valence-corrected chi connectivity index (χ1v) is 8.43. The van der Waals surface area contributed by atoms with Gasteiger partial charge >= 0.3 is 6.03 Å². The van der Waals surface area contributed by atoms with E-state index in [9.17, 15) is 14.4 Å². The van der Waals surface area contributed by atoms with Gasteiger partial charge in [-0.25, -0.2) is 4.79 Å². The van der Waals surface area contributed by atoms with Crippen molar-refractivity contribution in [3.05, 3.63) is 24.3 Å². The number of urea groups is 1. The Bertz CT molecular complexity index is 649. The van der Waals surface area contributed by atoms with Gasteiger partial charge in [-0.2, -0.15) is 0 Å². The molecule has 1 fully saturated rings. The molecule has 0 saturated carbocycles. The van der Waals surface area contributed by atoms with Crippen LogP contribution in [0.2, 0.25) is 0 Å². The summed E-state index contributed by atoms with van der Waals surface area (Å²) < 4.78 is 0. The van der Waals surface area contributed by atoms with E-state index in [1.807, 2.05) is 20.8 Å². The Balaban J connectivity index is 1.93. The smallest absolute Gasteiger partial charge is 0.314 e. The molecule has 7 nitrogen and oxygen atoms in total. The molecule has 1 heterocycles. The van der Waals surface area contributed by atoms with Gasteiger partial charge in [0.1, 0.15) is 0 Å². The molecule has 1 saturated heterocycles. The first-order valence-electron chi connectivity index (χ1n) is 8.43. The number of nitrogens with one attached hydrogen (secondary N) is 2. The molecule has 1 aromatic rings. The van der Waals surface area contributed by atoms with Crippen molar-refractivity contribution in [2.75, 3.05) is 23.7 Å². The molecule has 136 valence electrons. The zero-order chi connectivity index (χ0) is 18.6. The monoisotopic (exact) mass is 346 g/mol. The summed E-state index contributed by atoms with van der Waals surface area (Å²) in [6.07, 6.45) is 1.49. The fourth-order valence-corrected chi connectivity index (χ4v) is 2.59. The lowest BCUT2D eigenvalue weighted by molar-refractivity contribution is -0.123. The molecule has 1 aliphatic heterocycles. The number of likely N-dealkylation sites (tertiary alicyclic amines) is 1. The number of piperidine rings is 1. The van der Waals surface area contributed by atoms with Crippen LogP contribution < -0.4 is 16.4 Å². The van der Waals surface area contributed by atoms with Crippen LogP contribution in [0.4, 0.5) is 16.2 Å². The predicted molar refractivity (Wildman–Crippen MR) is 97.0 cm³/mol. The third-order valence-corrected chi connectivity index (χ3v) is 4.20. The third-order valence-electron chi connectivity index (χ3n) is 4.20. The molecule has 4 amide bonds. The summed E-state index contributed by atoms with van der Waals surface area (Å²) in [7, 11) is 0. The largest absolute Gasteiger partial charge is 0.351 e. The van der Waals surface area contributed by atoms with Crippen LogP contribution in [0.1, 0.15) is 33.6 Å². The van der Waals surface area contributed by atoms with Crippen molar-refractivity contribution in [3.63, 3.8) is 0 Å². The van der Waals surface area contributed by atoms with Gasteiger partial charge in [-0.05, 0) is 37.1 Å². The molecule has 0 aromatic heterocycles. The highest BCUT2D eigenvalue weighted by Gasteiger charge is 2.27. The maximum atomic E-state index is 12.4. The van der Waals surface area contributed by atoms with Crippen molar-refractivity contribution < 1.29 is 14.4 Å². The van der Waals surface area contributed by atoms with Crippen LogP contribution in [0.15, 0.2) is 24.3 Å². The number of benzene rings is 1. The molecule has 0 unspecified atom stereocenters. The second-order valence-electron chi connectivity index (χ2n) is 7.39. The minimum atomic E-state index is -0.489. The number of nitrogens with zero attached hydrogens (tertiary/aromatic N) is 1. The predicted octanol–water partition coefficient (Wildman–Crippen LogP) is 2.40. The number of hydrogen-bond acceptors (Lipinski definition) is 3. The van der Waals surface area contributed by atoms with Gasteiger partial charge in [0, 0.05) is 29.9 Å². The SMILES string of the molecule is CC(C)(C)C(=O)Nc1ccc(NC(=O)[C@H]2CCCN(C(N)=O)C2)cc1. The van der Waals surface area contributed by atoms with Crippen LogP contribution in [-0.2, 0) is 9.59 Å². The fourth-order valence-electron chi connectivity index (χ4n) is 2.59. The summed E-state index contributed by atoms with van der Waals surface area (Å²) in [4.78, 5) is 37.1. The minimum Gasteiger partial charge on any atom is -0.351 e. The number of rotatable bonds is 3. The van der Waals surface area contributed by atoms with E-state index in [0.29, 0.717) is 24.5 Å². The highest BCUT2D eigenvalue weighted by atomic mass is 16.2. The first kappa shape index (κ1) is 18.8. The molecule has 0 spiro atoms. The Morgan fingerprint density at radius 3 is 2.16 bits per heavy atom. The first-order chi connectivity index (χ1) is 11.7. The number of primary amides is 1. The topological polar surface area (TPSA) is 105 Å². The second-order valence-corrected chi connectivity index (χ2v) is 7.39. The molecule has 25 heavy (non-hydrogen) atoms. The Kier molecular flexibility index (Phi) is 5.66. The molecular formula is C18H26N4O3. The zero-order valence-corrected chi connectivity index (χ0v) is 15.0. The lowest BCUT2D eigenvalue weighted by Crippen LogP contribution is -2.46. The maximum Gasteiger partial charge on any atom is 0.314 e. The van der Waals surface area contributed by atoms with Gasteiger partial charge in [0.05, 0.1) is 5.92 Å². The van der Waals surface area contributed by atoms with Crippen LogP contribution in [0.3, 0.4) is 0 Å². The van der Waals surface area contributed by atoms with E-state index in [2.05, 4.69) is 10.6 Å². The summed E-state index contributed by atoms with van der Waals surface area (Å²) in [6.45, 7) is 6.48. The molecule has 1 aromatic carbocycles. The van der Waals surface area contributed by atoms with E-state index in [1.165, 1.54) is 4.90 Å². The molecule has 1 aliphatic rings. The molecule has 7 heteroatoms. The maximum absolute atomic E-state index is 12.4. The fraction of sp³-hybridized carbons (Fsp3) is 0.500. The summed E-state index contributed by atoms with van der Waals surface area (Å²) >= 11 is 0. The molecule has 0 bridgehead atoms. The number of amides is 4. The van der Waals surface area contributed by atoms with Crippen molar-refractivity contribution in [2.45, 2.75) is 33.6 Å². The van der Waals surface area contributed by atoms with E-state index in [-0.39, 0.29) is 17.7 Å². The Morgan fingerprint density at radius 1 is 1.08 bits per heavy atom. The average Bonchev–Trinajstić information content (AvgIpc) is 2.55. The highest BCUT2D eigenvalue weighted by Crippen LogP contribution is 2.21. The molecule has 0 aliphatic carbocycles. The standard InChI is InChI=1S/C18H26N4O3/c1-18(2,3)16(24)21-14-8-6-13(7-9-14)20-15(23)12-5-4-10-22(11-12)17(19)25/h6-9,12H,4-5,10-11H2,1-3H3,(H2,19,25)(H,20,23)(H,21,24)/t12-/m0/s1. The average molecular weight is 346 g/mol. The van der Waals surface area contributed by atoms with Crippen LogP contribution >= 0.6 is 0 Å². The molecular weight excluding hydrogens is 320 g/mol. The summed E-state index contributed by atoms with van der Waals surface area (Å²) in [5.74, 6) is -0.461. The van der Waals surface area contributed by atoms with Gasteiger partial charge in [-0.3, -0.25) is 9.59 Å². The second kappa shape index (κ2) is 7.55. The van der Waals surface area contributed by atoms with Crippen molar-refractivity contribution in [1.82, 2.24) is 4.90 Å². The van der Waals surface area contributed by atoms with Gasteiger partial charge in [0.25, 0.3) is 0 Å². The summed E-state index contributed by atoms with van der Waals surface area (Å²) in [5, 5.41) is 5.69. The van der Waals surface area contributed by atoms with Crippen molar-refractivity contribution >= 4 is 29.2 Å². The molecule has 2 rings (SSSR count). The van der Waals surface area contributed by atoms with E-state index < -0.39 is 11.4 Å². The zero-order valence-electron chi connectivity index (χ0n) is 15.0.